The smallest absolute Gasteiger partial charge is 0.399 e. The molecule has 0 aromatic heterocycles. The molecule has 4 heteroatoms. The highest BCUT2D eigenvalue weighted by Crippen LogP contribution is 2.46. The van der Waals surface area contributed by atoms with Crippen LogP contribution in [0.15, 0.2) is 42.5 Å². The predicted octanol–water partition coefficient (Wildman–Crippen LogP) is 5.10. The molecule has 3 nitrogen and oxygen atoms in total. The van der Waals surface area contributed by atoms with E-state index in [4.69, 9.17) is 9.31 Å². The maximum Gasteiger partial charge on any atom is 0.496 e. The first kappa shape index (κ1) is 18.3. The average Bonchev–Trinajstić information content (AvgIpc) is 3.15. The molecular formula is C24H30BNO2. The maximum atomic E-state index is 6.46. The van der Waals surface area contributed by atoms with Crippen LogP contribution < -0.4 is 10.8 Å². The van der Waals surface area contributed by atoms with Crippen molar-refractivity contribution in [3.05, 3.63) is 48.0 Å². The van der Waals surface area contributed by atoms with Crippen molar-refractivity contribution in [2.24, 2.45) is 0 Å². The minimum atomic E-state index is -0.338. The lowest BCUT2D eigenvalue weighted by Crippen LogP contribution is -2.41. The molecule has 2 aromatic rings. The SMILES string of the molecule is CC1(C)OB(c2cc(-c3ccccc3)cc3c2NC2CCCCC32)OC1(C)C. The largest absolute Gasteiger partial charge is 0.496 e. The van der Waals surface area contributed by atoms with E-state index in [0.29, 0.717) is 12.0 Å². The Kier molecular flexibility index (Phi) is 4.15. The number of benzene rings is 2. The van der Waals surface area contributed by atoms with Gasteiger partial charge in [-0.25, -0.2) is 0 Å². The van der Waals surface area contributed by atoms with Crippen molar-refractivity contribution in [1.82, 2.24) is 0 Å². The topological polar surface area (TPSA) is 30.5 Å². The van der Waals surface area contributed by atoms with Gasteiger partial charge in [0.1, 0.15) is 0 Å². The molecule has 0 amide bonds. The zero-order valence-electron chi connectivity index (χ0n) is 17.4. The van der Waals surface area contributed by atoms with Gasteiger partial charge >= 0.3 is 7.12 Å². The molecule has 28 heavy (non-hydrogen) atoms. The highest BCUT2D eigenvalue weighted by molar-refractivity contribution is 6.64. The standard InChI is InChI=1S/C24H30BNO2/c1-23(2)24(3,4)28-25(27-23)20-15-17(16-10-6-5-7-11-16)14-19-18-12-8-9-13-21(18)26-22(19)20/h5-7,10-11,14-15,18,21,26H,8-9,12-13H2,1-4H3. The molecule has 0 spiro atoms. The number of rotatable bonds is 2. The van der Waals surface area contributed by atoms with Crippen LogP contribution in [-0.4, -0.2) is 24.4 Å². The second kappa shape index (κ2) is 6.37. The van der Waals surface area contributed by atoms with E-state index in [1.54, 1.807) is 0 Å². The number of anilines is 1. The van der Waals surface area contributed by atoms with Gasteiger partial charge < -0.3 is 14.6 Å². The van der Waals surface area contributed by atoms with Gasteiger partial charge in [0.2, 0.25) is 0 Å². The summed E-state index contributed by atoms with van der Waals surface area (Å²) in [6.07, 6.45) is 5.16. The molecule has 0 bridgehead atoms. The zero-order valence-corrected chi connectivity index (χ0v) is 17.4. The highest BCUT2D eigenvalue weighted by Gasteiger charge is 2.53. The Hall–Kier alpha value is -1.78. The van der Waals surface area contributed by atoms with Gasteiger partial charge in [0.05, 0.1) is 11.2 Å². The van der Waals surface area contributed by atoms with Gasteiger partial charge in [0, 0.05) is 23.1 Å². The summed E-state index contributed by atoms with van der Waals surface area (Å²) in [6, 6.07) is 15.9. The molecule has 2 fully saturated rings. The van der Waals surface area contributed by atoms with Crippen LogP contribution in [0.3, 0.4) is 0 Å². The van der Waals surface area contributed by atoms with E-state index in [2.05, 4.69) is 75.5 Å². The second-order valence-corrected chi connectivity index (χ2v) is 9.63. The zero-order chi connectivity index (χ0) is 19.5. The van der Waals surface area contributed by atoms with Gasteiger partial charge in [-0.3, -0.25) is 0 Å². The quantitative estimate of drug-likeness (QED) is 0.741. The normalized spacial score (nSPS) is 27.2. The lowest BCUT2D eigenvalue weighted by Gasteiger charge is -2.32. The minimum Gasteiger partial charge on any atom is -0.399 e. The Morgan fingerprint density at radius 1 is 0.893 bits per heavy atom. The van der Waals surface area contributed by atoms with Crippen molar-refractivity contribution in [3.8, 4) is 11.1 Å². The molecule has 3 aliphatic rings. The van der Waals surface area contributed by atoms with E-state index >= 15 is 0 Å². The monoisotopic (exact) mass is 375 g/mol. The molecule has 1 saturated heterocycles. The summed E-state index contributed by atoms with van der Waals surface area (Å²) in [6.45, 7) is 8.51. The van der Waals surface area contributed by atoms with Crippen molar-refractivity contribution >= 4 is 18.3 Å². The molecule has 2 aliphatic heterocycles. The molecule has 1 saturated carbocycles. The van der Waals surface area contributed by atoms with Gasteiger partial charge in [0.25, 0.3) is 0 Å². The van der Waals surface area contributed by atoms with Crippen LogP contribution in [-0.2, 0) is 9.31 Å². The van der Waals surface area contributed by atoms with Gasteiger partial charge in [-0.05, 0) is 63.3 Å². The molecule has 1 aliphatic carbocycles. The molecule has 5 rings (SSSR count). The third kappa shape index (κ3) is 2.81. The van der Waals surface area contributed by atoms with E-state index in [0.717, 1.165) is 5.46 Å². The Balaban J connectivity index is 1.64. The third-order valence-corrected chi connectivity index (χ3v) is 7.31. The Bertz CT molecular complexity index is 877. The fourth-order valence-electron chi connectivity index (χ4n) is 4.96. The van der Waals surface area contributed by atoms with Crippen LogP contribution in [0.2, 0.25) is 0 Å². The molecule has 146 valence electrons. The van der Waals surface area contributed by atoms with Gasteiger partial charge in [-0.2, -0.15) is 0 Å². The maximum absolute atomic E-state index is 6.46. The lowest BCUT2D eigenvalue weighted by molar-refractivity contribution is 0.00578. The van der Waals surface area contributed by atoms with Crippen LogP contribution in [0.5, 0.6) is 0 Å². The summed E-state index contributed by atoms with van der Waals surface area (Å²) in [5, 5.41) is 3.86. The van der Waals surface area contributed by atoms with E-state index in [1.165, 1.54) is 48.1 Å². The summed E-state index contributed by atoms with van der Waals surface area (Å²) in [5.41, 5.74) is 5.71. The summed E-state index contributed by atoms with van der Waals surface area (Å²) < 4.78 is 12.9. The summed E-state index contributed by atoms with van der Waals surface area (Å²) in [7, 11) is -0.338. The first-order valence-corrected chi connectivity index (χ1v) is 10.7. The Morgan fingerprint density at radius 3 is 2.29 bits per heavy atom. The molecule has 2 aromatic carbocycles. The number of fused-ring (bicyclic) bond motifs is 3. The first-order valence-electron chi connectivity index (χ1n) is 10.7. The van der Waals surface area contributed by atoms with Crippen LogP contribution in [0.1, 0.15) is 64.9 Å². The van der Waals surface area contributed by atoms with E-state index < -0.39 is 0 Å². The second-order valence-electron chi connectivity index (χ2n) is 9.63. The number of nitrogens with one attached hydrogen (secondary N) is 1. The van der Waals surface area contributed by atoms with Gasteiger partial charge in [-0.1, -0.05) is 49.2 Å². The number of hydrogen-bond acceptors (Lipinski definition) is 3. The molecule has 2 atom stereocenters. The van der Waals surface area contributed by atoms with Gasteiger partial charge in [0.15, 0.2) is 0 Å². The minimum absolute atomic E-state index is 0.335. The van der Waals surface area contributed by atoms with Crippen molar-refractivity contribution in [1.29, 1.82) is 0 Å². The van der Waals surface area contributed by atoms with E-state index in [1.807, 2.05) is 0 Å². The first-order chi connectivity index (χ1) is 13.4. The van der Waals surface area contributed by atoms with Crippen molar-refractivity contribution in [2.75, 3.05) is 5.32 Å². The lowest BCUT2D eigenvalue weighted by atomic mass is 9.74. The van der Waals surface area contributed by atoms with Crippen LogP contribution in [0.4, 0.5) is 5.69 Å². The summed E-state index contributed by atoms with van der Waals surface area (Å²) >= 11 is 0. The van der Waals surface area contributed by atoms with Crippen molar-refractivity contribution < 1.29 is 9.31 Å². The molecule has 2 unspecified atom stereocenters. The predicted molar refractivity (Wildman–Crippen MR) is 116 cm³/mol. The van der Waals surface area contributed by atoms with Crippen LogP contribution >= 0.6 is 0 Å². The molecule has 1 N–H and O–H groups in total. The van der Waals surface area contributed by atoms with Crippen molar-refractivity contribution in [3.63, 3.8) is 0 Å². The molecule has 2 heterocycles. The summed E-state index contributed by atoms with van der Waals surface area (Å²) in [4.78, 5) is 0. The molecule has 0 radical (unpaired) electrons. The van der Waals surface area contributed by atoms with Crippen LogP contribution in [0.25, 0.3) is 11.1 Å². The highest BCUT2D eigenvalue weighted by atomic mass is 16.7. The van der Waals surface area contributed by atoms with Crippen molar-refractivity contribution in [2.45, 2.75) is 76.5 Å². The Labute approximate surface area is 169 Å². The third-order valence-electron chi connectivity index (χ3n) is 7.31. The van der Waals surface area contributed by atoms with Gasteiger partial charge in [-0.15, -0.1) is 0 Å². The van der Waals surface area contributed by atoms with Crippen LogP contribution in [0, 0.1) is 0 Å². The average molecular weight is 375 g/mol. The number of hydrogen-bond donors (Lipinski definition) is 1. The summed E-state index contributed by atoms with van der Waals surface area (Å²) in [5.74, 6) is 0.605. The Morgan fingerprint density at radius 2 is 1.57 bits per heavy atom. The fraction of sp³-hybridized carbons (Fsp3) is 0.500. The van der Waals surface area contributed by atoms with E-state index in [-0.39, 0.29) is 18.3 Å². The fourth-order valence-corrected chi connectivity index (χ4v) is 4.96. The molecular weight excluding hydrogens is 345 g/mol. The van der Waals surface area contributed by atoms with E-state index in [9.17, 15) is 0 Å².